The van der Waals surface area contributed by atoms with Crippen LogP contribution in [0.3, 0.4) is 0 Å². The quantitative estimate of drug-likeness (QED) is 0.161. The van der Waals surface area contributed by atoms with E-state index in [-0.39, 0.29) is 19.0 Å². The van der Waals surface area contributed by atoms with Gasteiger partial charge in [0.15, 0.2) is 0 Å². The van der Waals surface area contributed by atoms with Crippen molar-refractivity contribution in [1.82, 2.24) is 20.3 Å². The maximum absolute atomic E-state index is 11.2. The van der Waals surface area contributed by atoms with Crippen molar-refractivity contribution in [2.75, 3.05) is 6.54 Å². The van der Waals surface area contributed by atoms with Crippen LogP contribution < -0.4 is 10.8 Å². The standard InChI is InChI=1S/C18H33N7O5/c1-7-14(21-26)17(3,4)20-11-13(12-24-10-9-19-16(24)25(28)29)30-23-18(5,6)15(8-2)22-27/h9-10,13,20,23,26-27H,7-8,11-12H2,1-6H3. The average molecular weight is 428 g/mol. The number of nitro groups is 1. The fourth-order valence-electron chi connectivity index (χ4n) is 3.01. The number of imidazole rings is 1. The van der Waals surface area contributed by atoms with Crippen LogP contribution in [0.1, 0.15) is 54.4 Å². The molecule has 0 aromatic carbocycles. The normalized spacial score (nSPS) is 14.7. The summed E-state index contributed by atoms with van der Waals surface area (Å²) in [5.74, 6) is -0.292. The van der Waals surface area contributed by atoms with E-state index in [1.54, 1.807) is 13.8 Å². The van der Waals surface area contributed by atoms with Gasteiger partial charge in [-0.2, -0.15) is 5.48 Å². The van der Waals surface area contributed by atoms with Gasteiger partial charge in [0.25, 0.3) is 0 Å². The molecule has 1 atom stereocenters. The number of nitrogens with zero attached hydrogens (tertiary/aromatic N) is 5. The van der Waals surface area contributed by atoms with Crippen LogP contribution in [0.2, 0.25) is 0 Å². The summed E-state index contributed by atoms with van der Waals surface area (Å²) in [5, 5.41) is 39.6. The summed E-state index contributed by atoms with van der Waals surface area (Å²) in [7, 11) is 0. The molecule has 0 amide bonds. The van der Waals surface area contributed by atoms with E-state index >= 15 is 0 Å². The number of hydrogen-bond acceptors (Lipinski definition) is 10. The first-order valence-electron chi connectivity index (χ1n) is 9.78. The van der Waals surface area contributed by atoms with Crippen LogP contribution in [0.15, 0.2) is 22.7 Å². The molecule has 1 rings (SSSR count). The zero-order valence-electron chi connectivity index (χ0n) is 18.4. The fraction of sp³-hybridized carbons (Fsp3) is 0.722. The highest BCUT2D eigenvalue weighted by molar-refractivity contribution is 5.92. The Hall–Kier alpha value is -2.57. The maximum Gasteiger partial charge on any atom is 0.434 e. The summed E-state index contributed by atoms with van der Waals surface area (Å²) < 4.78 is 1.38. The van der Waals surface area contributed by atoms with Crippen LogP contribution in [-0.4, -0.2) is 60.0 Å². The first-order chi connectivity index (χ1) is 14.0. The molecule has 1 aromatic heterocycles. The van der Waals surface area contributed by atoms with Gasteiger partial charge in [-0.1, -0.05) is 29.1 Å². The van der Waals surface area contributed by atoms with Crippen molar-refractivity contribution in [2.45, 2.75) is 78.1 Å². The molecular weight excluding hydrogens is 394 g/mol. The number of hydroxylamine groups is 1. The Morgan fingerprint density at radius 1 is 1.23 bits per heavy atom. The van der Waals surface area contributed by atoms with Crippen molar-refractivity contribution in [3.8, 4) is 0 Å². The number of hydrogen-bond donors (Lipinski definition) is 4. The van der Waals surface area contributed by atoms with Gasteiger partial charge in [-0.3, -0.25) is 4.84 Å². The molecule has 170 valence electrons. The van der Waals surface area contributed by atoms with Gasteiger partial charge >= 0.3 is 5.95 Å². The van der Waals surface area contributed by atoms with Crippen molar-refractivity contribution in [3.63, 3.8) is 0 Å². The molecule has 0 aliphatic rings. The highest BCUT2D eigenvalue weighted by Gasteiger charge is 2.30. The van der Waals surface area contributed by atoms with Crippen LogP contribution in [0.25, 0.3) is 0 Å². The SMILES string of the molecule is CCC(=NO)C(C)(C)NCC(Cn1ccnc1[N+](=O)[O-])ONC(C)(C)C(CC)=NO. The second-order valence-corrected chi connectivity index (χ2v) is 7.91. The minimum atomic E-state index is -0.765. The predicted molar refractivity (Wildman–Crippen MR) is 112 cm³/mol. The Morgan fingerprint density at radius 3 is 2.30 bits per heavy atom. The molecule has 12 nitrogen and oxygen atoms in total. The minimum absolute atomic E-state index is 0.137. The lowest BCUT2D eigenvalue weighted by Gasteiger charge is -2.32. The van der Waals surface area contributed by atoms with Gasteiger partial charge in [0, 0.05) is 6.54 Å². The predicted octanol–water partition coefficient (Wildman–Crippen LogP) is 2.31. The molecule has 4 N–H and O–H groups in total. The molecule has 1 aromatic rings. The second-order valence-electron chi connectivity index (χ2n) is 7.91. The Bertz CT molecular complexity index is 722. The molecule has 1 unspecified atom stereocenters. The van der Waals surface area contributed by atoms with Gasteiger partial charge in [0.05, 0.1) is 22.5 Å². The van der Waals surface area contributed by atoms with Crippen LogP contribution >= 0.6 is 0 Å². The van der Waals surface area contributed by atoms with Crippen molar-refractivity contribution in [3.05, 3.63) is 22.5 Å². The second kappa shape index (κ2) is 11.0. The van der Waals surface area contributed by atoms with E-state index in [1.165, 1.54) is 17.0 Å². The maximum atomic E-state index is 11.2. The fourth-order valence-corrected chi connectivity index (χ4v) is 3.01. The molecule has 1 heterocycles. The van der Waals surface area contributed by atoms with Crippen LogP contribution in [-0.2, 0) is 11.4 Å². The topological polar surface area (TPSA) is 159 Å². The molecule has 12 heteroatoms. The van der Waals surface area contributed by atoms with Gasteiger partial charge in [0.1, 0.15) is 25.0 Å². The largest absolute Gasteiger partial charge is 0.434 e. The number of rotatable bonds is 13. The summed E-state index contributed by atoms with van der Waals surface area (Å²) >= 11 is 0. The van der Waals surface area contributed by atoms with E-state index in [9.17, 15) is 20.5 Å². The Labute approximate surface area is 176 Å². The number of nitrogens with one attached hydrogen (secondary N) is 2. The molecular formula is C18H33N7O5. The zero-order valence-corrected chi connectivity index (χ0v) is 18.4. The zero-order chi connectivity index (χ0) is 22.9. The van der Waals surface area contributed by atoms with Crippen molar-refractivity contribution in [1.29, 1.82) is 0 Å². The van der Waals surface area contributed by atoms with E-state index in [2.05, 4.69) is 26.1 Å². The lowest BCUT2D eigenvalue weighted by Crippen LogP contribution is -2.53. The molecule has 0 aliphatic heterocycles. The Kier molecular flexibility index (Phi) is 9.33. The van der Waals surface area contributed by atoms with E-state index in [0.29, 0.717) is 24.3 Å². The smallest absolute Gasteiger partial charge is 0.411 e. The Morgan fingerprint density at radius 2 is 1.80 bits per heavy atom. The summed E-state index contributed by atoms with van der Waals surface area (Å²) in [6.07, 6.45) is 3.35. The van der Waals surface area contributed by atoms with Crippen LogP contribution in [0, 0.1) is 10.1 Å². The van der Waals surface area contributed by atoms with Crippen LogP contribution in [0.5, 0.6) is 0 Å². The van der Waals surface area contributed by atoms with E-state index in [0.717, 1.165) is 0 Å². The molecule has 0 saturated carbocycles. The van der Waals surface area contributed by atoms with Gasteiger partial charge < -0.3 is 25.8 Å². The van der Waals surface area contributed by atoms with Crippen molar-refractivity contribution >= 4 is 17.4 Å². The first-order valence-corrected chi connectivity index (χ1v) is 9.78. The molecule has 0 saturated heterocycles. The van der Waals surface area contributed by atoms with Crippen molar-refractivity contribution in [2.24, 2.45) is 10.3 Å². The van der Waals surface area contributed by atoms with Gasteiger partial charge in [-0.05, 0) is 45.5 Å². The molecule has 0 fully saturated rings. The van der Waals surface area contributed by atoms with Gasteiger partial charge in [0.2, 0.25) is 0 Å². The molecule has 30 heavy (non-hydrogen) atoms. The van der Waals surface area contributed by atoms with Crippen LogP contribution in [0.4, 0.5) is 5.95 Å². The lowest BCUT2D eigenvalue weighted by molar-refractivity contribution is -0.397. The highest BCUT2D eigenvalue weighted by Crippen LogP contribution is 2.14. The summed E-state index contributed by atoms with van der Waals surface area (Å²) in [4.78, 5) is 20.3. The molecule has 0 radical (unpaired) electrons. The summed E-state index contributed by atoms with van der Waals surface area (Å²) in [5.41, 5.74) is 2.56. The minimum Gasteiger partial charge on any atom is -0.411 e. The summed E-state index contributed by atoms with van der Waals surface area (Å²) in [6.45, 7) is 11.5. The first kappa shape index (κ1) is 25.5. The molecule has 0 spiro atoms. The lowest BCUT2D eigenvalue weighted by atomic mass is 9.96. The number of aromatic nitrogens is 2. The third-order valence-corrected chi connectivity index (χ3v) is 4.86. The Balaban J connectivity index is 3.01. The van der Waals surface area contributed by atoms with Gasteiger partial charge in [-0.25, -0.2) is 4.57 Å². The third-order valence-electron chi connectivity index (χ3n) is 4.86. The van der Waals surface area contributed by atoms with E-state index in [1.807, 2.05) is 27.7 Å². The van der Waals surface area contributed by atoms with Crippen molar-refractivity contribution < 1.29 is 20.2 Å². The highest BCUT2D eigenvalue weighted by atomic mass is 16.7. The molecule has 0 aliphatic carbocycles. The average Bonchev–Trinajstić information content (AvgIpc) is 3.14. The number of oxime groups is 2. The van der Waals surface area contributed by atoms with E-state index < -0.39 is 22.1 Å². The van der Waals surface area contributed by atoms with Gasteiger partial charge in [-0.15, -0.1) is 0 Å². The monoisotopic (exact) mass is 427 g/mol. The van der Waals surface area contributed by atoms with E-state index in [4.69, 9.17) is 4.84 Å². The third kappa shape index (κ3) is 6.75. The summed E-state index contributed by atoms with van der Waals surface area (Å²) in [6, 6.07) is 0. The molecule has 0 bridgehead atoms.